The zero-order valence-electron chi connectivity index (χ0n) is 12.1. The van der Waals surface area contributed by atoms with Crippen molar-refractivity contribution in [1.82, 2.24) is 9.88 Å². The minimum absolute atomic E-state index is 0.109. The van der Waals surface area contributed by atoms with E-state index in [2.05, 4.69) is 4.98 Å². The maximum absolute atomic E-state index is 12.6. The molecule has 5 nitrogen and oxygen atoms in total. The number of amides is 2. The van der Waals surface area contributed by atoms with Crippen molar-refractivity contribution in [3.63, 3.8) is 0 Å². The van der Waals surface area contributed by atoms with Gasteiger partial charge in [-0.15, -0.1) is 0 Å². The van der Waals surface area contributed by atoms with Crippen molar-refractivity contribution in [1.29, 1.82) is 0 Å². The molecule has 1 saturated heterocycles. The number of likely N-dealkylation sites (tertiary alicyclic amines) is 1. The van der Waals surface area contributed by atoms with Gasteiger partial charge in [0.15, 0.2) is 0 Å². The Morgan fingerprint density at radius 3 is 2.90 bits per heavy atom. The van der Waals surface area contributed by atoms with E-state index in [1.54, 1.807) is 17.0 Å². The van der Waals surface area contributed by atoms with Gasteiger partial charge in [0.05, 0.1) is 5.92 Å². The summed E-state index contributed by atoms with van der Waals surface area (Å²) in [6, 6.07) is 3.36. The first-order chi connectivity index (χ1) is 10.0. The number of carbonyl (C=O) groups is 2. The number of nitrogens with two attached hydrogens (primary N) is 1. The molecule has 0 saturated carbocycles. The largest absolute Gasteiger partial charge is 0.369 e. The fourth-order valence-corrected chi connectivity index (χ4v) is 2.86. The van der Waals surface area contributed by atoms with E-state index in [1.165, 1.54) is 0 Å². The molecule has 0 aliphatic carbocycles. The van der Waals surface area contributed by atoms with Crippen molar-refractivity contribution in [3.05, 3.63) is 28.5 Å². The van der Waals surface area contributed by atoms with Crippen LogP contribution in [0, 0.1) is 5.92 Å². The first kappa shape index (κ1) is 15.8. The highest BCUT2D eigenvalue weighted by atomic mass is 35.5. The summed E-state index contributed by atoms with van der Waals surface area (Å²) >= 11 is 5.99. The molecule has 0 bridgehead atoms. The smallest absolute Gasteiger partial charge is 0.254 e. The average Bonchev–Trinajstić information content (AvgIpc) is 2.46. The molecule has 1 aromatic rings. The van der Waals surface area contributed by atoms with Gasteiger partial charge in [-0.1, -0.05) is 24.9 Å². The van der Waals surface area contributed by atoms with Crippen LogP contribution in [0.2, 0.25) is 5.15 Å². The maximum atomic E-state index is 12.6. The number of hydrogen-bond acceptors (Lipinski definition) is 3. The summed E-state index contributed by atoms with van der Waals surface area (Å²) in [5.74, 6) is -0.704. The topological polar surface area (TPSA) is 76.3 Å². The van der Waals surface area contributed by atoms with Gasteiger partial charge in [-0.3, -0.25) is 9.59 Å². The van der Waals surface area contributed by atoms with Crippen molar-refractivity contribution >= 4 is 23.4 Å². The SMILES string of the molecule is CCCc1cc(C(=O)N2CCCC(C(N)=O)C2)cc(Cl)n1. The number of piperidine rings is 1. The molecule has 114 valence electrons. The molecule has 0 spiro atoms. The Kier molecular flexibility index (Phi) is 5.17. The zero-order valence-corrected chi connectivity index (χ0v) is 12.9. The van der Waals surface area contributed by atoms with Gasteiger partial charge in [-0.25, -0.2) is 4.98 Å². The molecule has 2 rings (SSSR count). The average molecular weight is 310 g/mol. The van der Waals surface area contributed by atoms with Crippen LogP contribution >= 0.6 is 11.6 Å². The van der Waals surface area contributed by atoms with Gasteiger partial charge in [0.1, 0.15) is 5.15 Å². The molecule has 2 N–H and O–H groups in total. The fourth-order valence-electron chi connectivity index (χ4n) is 2.64. The third-order valence-electron chi connectivity index (χ3n) is 3.71. The summed E-state index contributed by atoms with van der Waals surface area (Å²) in [6.07, 6.45) is 3.26. The van der Waals surface area contributed by atoms with E-state index in [1.807, 2.05) is 6.92 Å². The first-order valence-electron chi connectivity index (χ1n) is 7.26. The zero-order chi connectivity index (χ0) is 15.4. The minimum atomic E-state index is -0.341. The molecule has 0 radical (unpaired) electrons. The molecule has 1 aliphatic heterocycles. The second-order valence-corrected chi connectivity index (χ2v) is 5.80. The van der Waals surface area contributed by atoms with Crippen LogP contribution in [0.1, 0.15) is 42.2 Å². The molecule has 21 heavy (non-hydrogen) atoms. The van der Waals surface area contributed by atoms with Crippen molar-refractivity contribution in [2.45, 2.75) is 32.6 Å². The Bertz CT molecular complexity index is 548. The Labute approximate surface area is 129 Å². The molecule has 1 fully saturated rings. The Hall–Kier alpha value is -1.62. The number of hydrogen-bond donors (Lipinski definition) is 1. The van der Waals surface area contributed by atoms with Crippen molar-refractivity contribution in [3.8, 4) is 0 Å². The molecule has 1 atom stereocenters. The van der Waals surface area contributed by atoms with E-state index < -0.39 is 0 Å². The van der Waals surface area contributed by atoms with Crippen molar-refractivity contribution in [2.75, 3.05) is 13.1 Å². The van der Waals surface area contributed by atoms with Gasteiger partial charge in [0, 0.05) is 24.3 Å². The van der Waals surface area contributed by atoms with Crippen LogP contribution in [0.5, 0.6) is 0 Å². The molecule has 6 heteroatoms. The number of rotatable bonds is 4. The molecule has 1 unspecified atom stereocenters. The van der Waals surface area contributed by atoms with Gasteiger partial charge in [-0.2, -0.15) is 0 Å². The fraction of sp³-hybridized carbons (Fsp3) is 0.533. The predicted molar refractivity (Wildman–Crippen MR) is 81.1 cm³/mol. The summed E-state index contributed by atoms with van der Waals surface area (Å²) in [4.78, 5) is 29.8. The summed E-state index contributed by atoms with van der Waals surface area (Å²) < 4.78 is 0. The lowest BCUT2D eigenvalue weighted by Crippen LogP contribution is -2.44. The lowest BCUT2D eigenvalue weighted by molar-refractivity contribution is -0.123. The summed E-state index contributed by atoms with van der Waals surface area (Å²) in [6.45, 7) is 3.08. The normalized spacial score (nSPS) is 18.6. The van der Waals surface area contributed by atoms with Crippen LogP contribution in [0.4, 0.5) is 0 Å². The molecule has 0 aromatic carbocycles. The van der Waals surface area contributed by atoms with E-state index in [9.17, 15) is 9.59 Å². The first-order valence-corrected chi connectivity index (χ1v) is 7.64. The van der Waals surface area contributed by atoms with Gasteiger partial charge >= 0.3 is 0 Å². The van der Waals surface area contributed by atoms with Gasteiger partial charge in [-0.05, 0) is 31.4 Å². The third kappa shape index (κ3) is 3.94. The van der Waals surface area contributed by atoms with E-state index in [-0.39, 0.29) is 17.7 Å². The van der Waals surface area contributed by atoms with Crippen LogP contribution in [-0.2, 0) is 11.2 Å². The maximum Gasteiger partial charge on any atom is 0.254 e. The summed E-state index contributed by atoms with van der Waals surface area (Å²) in [5, 5.41) is 0.327. The molecule has 1 aromatic heterocycles. The number of nitrogens with zero attached hydrogens (tertiary/aromatic N) is 2. The van der Waals surface area contributed by atoms with Gasteiger partial charge in [0.25, 0.3) is 5.91 Å². The van der Waals surface area contributed by atoms with Crippen LogP contribution in [0.25, 0.3) is 0 Å². The monoisotopic (exact) mass is 309 g/mol. The van der Waals surface area contributed by atoms with E-state index in [0.717, 1.165) is 31.4 Å². The molecular formula is C15H20ClN3O2. The highest BCUT2D eigenvalue weighted by molar-refractivity contribution is 6.29. The number of halogens is 1. The number of aromatic nitrogens is 1. The second kappa shape index (κ2) is 6.89. The Morgan fingerprint density at radius 1 is 1.48 bits per heavy atom. The van der Waals surface area contributed by atoms with Crippen molar-refractivity contribution in [2.24, 2.45) is 11.7 Å². The van der Waals surface area contributed by atoms with E-state index in [4.69, 9.17) is 17.3 Å². The van der Waals surface area contributed by atoms with E-state index >= 15 is 0 Å². The summed E-state index contributed by atoms with van der Waals surface area (Å²) in [7, 11) is 0. The standard InChI is InChI=1S/C15H20ClN3O2/c1-2-4-12-7-11(8-13(16)18-12)15(21)19-6-3-5-10(9-19)14(17)20/h7-8,10H,2-6,9H2,1H3,(H2,17,20). The predicted octanol–water partition coefficient (Wildman–Crippen LogP) is 2.02. The quantitative estimate of drug-likeness (QED) is 0.865. The molecule has 2 heterocycles. The molecule has 2 amide bonds. The highest BCUT2D eigenvalue weighted by Gasteiger charge is 2.27. The van der Waals surface area contributed by atoms with Crippen molar-refractivity contribution < 1.29 is 9.59 Å². The minimum Gasteiger partial charge on any atom is -0.369 e. The van der Waals surface area contributed by atoms with Gasteiger partial charge in [0.2, 0.25) is 5.91 Å². The molecule has 1 aliphatic rings. The Balaban J connectivity index is 2.17. The highest BCUT2D eigenvalue weighted by Crippen LogP contribution is 2.20. The van der Waals surface area contributed by atoms with Crippen LogP contribution in [0.3, 0.4) is 0 Å². The number of aryl methyl sites for hydroxylation is 1. The number of pyridine rings is 1. The van der Waals surface area contributed by atoms with Crippen LogP contribution in [0.15, 0.2) is 12.1 Å². The third-order valence-corrected chi connectivity index (χ3v) is 3.90. The lowest BCUT2D eigenvalue weighted by Gasteiger charge is -2.31. The summed E-state index contributed by atoms with van der Waals surface area (Å²) in [5.41, 5.74) is 6.70. The lowest BCUT2D eigenvalue weighted by atomic mass is 9.97. The van der Waals surface area contributed by atoms with Gasteiger partial charge < -0.3 is 10.6 Å². The molecular weight excluding hydrogens is 290 g/mol. The van der Waals surface area contributed by atoms with E-state index in [0.29, 0.717) is 23.8 Å². The number of carbonyl (C=O) groups excluding carboxylic acids is 2. The Morgan fingerprint density at radius 2 is 2.24 bits per heavy atom. The van der Waals surface area contributed by atoms with Crippen LogP contribution in [-0.4, -0.2) is 34.8 Å². The second-order valence-electron chi connectivity index (χ2n) is 5.41. The number of primary amides is 1. The van der Waals surface area contributed by atoms with Crippen LogP contribution < -0.4 is 5.73 Å².